The molecule has 0 saturated carbocycles. The van der Waals surface area contributed by atoms with E-state index in [1.807, 2.05) is 61.5 Å². The van der Waals surface area contributed by atoms with Crippen molar-refractivity contribution in [1.82, 2.24) is 5.32 Å². The van der Waals surface area contributed by atoms with Crippen LogP contribution >= 0.6 is 0 Å². The monoisotopic (exact) mass is 534 g/mol. The second-order valence-electron chi connectivity index (χ2n) is 9.14. The van der Waals surface area contributed by atoms with Crippen LogP contribution in [-0.2, 0) is 21.3 Å². The number of anilines is 1. The molecule has 198 valence electrons. The molecule has 0 fully saturated rings. The van der Waals surface area contributed by atoms with E-state index in [2.05, 4.69) is 10.6 Å². The number of amides is 2. The van der Waals surface area contributed by atoms with Crippen LogP contribution in [-0.4, -0.2) is 37.1 Å². The normalized spacial score (nSPS) is 12.3. The molecule has 38 heavy (non-hydrogen) atoms. The third-order valence-corrected chi connectivity index (χ3v) is 6.93. The molecule has 0 bridgehead atoms. The van der Waals surface area contributed by atoms with Crippen LogP contribution in [0.4, 0.5) is 5.69 Å². The van der Waals surface area contributed by atoms with E-state index in [9.17, 15) is 18.0 Å². The van der Waals surface area contributed by atoms with Gasteiger partial charge in [-0.25, -0.2) is 0 Å². The van der Waals surface area contributed by atoms with E-state index < -0.39 is 21.8 Å². The molecule has 1 atom stereocenters. The molecule has 4 rings (SSSR count). The fraction of sp³-hybridized carbons (Fsp3) is 0.241. The van der Waals surface area contributed by atoms with E-state index in [-0.39, 0.29) is 18.4 Å². The number of benzene rings is 3. The highest BCUT2D eigenvalue weighted by Crippen LogP contribution is 2.28. The van der Waals surface area contributed by atoms with Crippen molar-refractivity contribution in [2.45, 2.75) is 26.2 Å². The third kappa shape index (κ3) is 7.30. The van der Waals surface area contributed by atoms with E-state index >= 15 is 0 Å². The Kier molecular flexibility index (Phi) is 8.60. The Balaban J connectivity index is 1.36. The molecule has 4 aromatic rings. The van der Waals surface area contributed by atoms with Gasteiger partial charge in [-0.1, -0.05) is 43.7 Å². The van der Waals surface area contributed by atoms with Crippen molar-refractivity contribution in [2.75, 3.05) is 17.6 Å². The summed E-state index contributed by atoms with van der Waals surface area (Å²) < 4.78 is 36.3. The molecule has 0 saturated heterocycles. The minimum absolute atomic E-state index is 0.0737. The Morgan fingerprint density at radius 3 is 2.34 bits per heavy atom. The van der Waals surface area contributed by atoms with Crippen molar-refractivity contribution in [1.29, 1.82) is 0 Å². The summed E-state index contributed by atoms with van der Waals surface area (Å²) in [6.45, 7) is 1.85. The fourth-order valence-electron chi connectivity index (χ4n) is 4.23. The van der Waals surface area contributed by atoms with Crippen molar-refractivity contribution in [3.8, 4) is 11.3 Å². The van der Waals surface area contributed by atoms with Crippen LogP contribution in [0.1, 0.15) is 35.7 Å². The van der Waals surface area contributed by atoms with Gasteiger partial charge in [0.1, 0.15) is 11.3 Å². The lowest BCUT2D eigenvalue weighted by Gasteiger charge is -2.17. The van der Waals surface area contributed by atoms with Crippen molar-refractivity contribution in [2.24, 2.45) is 5.92 Å². The Bertz CT molecular complexity index is 1480. The molecule has 0 radical (unpaired) electrons. The minimum atomic E-state index is -4.14. The van der Waals surface area contributed by atoms with Crippen LogP contribution in [0, 0.1) is 5.92 Å². The molecule has 0 aliphatic carbocycles. The van der Waals surface area contributed by atoms with Gasteiger partial charge in [-0.3, -0.25) is 14.1 Å². The van der Waals surface area contributed by atoms with E-state index in [0.29, 0.717) is 24.1 Å². The van der Waals surface area contributed by atoms with Crippen molar-refractivity contribution in [3.63, 3.8) is 0 Å². The van der Waals surface area contributed by atoms with Crippen molar-refractivity contribution < 1.29 is 27.0 Å². The maximum absolute atomic E-state index is 13.1. The summed E-state index contributed by atoms with van der Waals surface area (Å²) in [4.78, 5) is 25.3. The van der Waals surface area contributed by atoms with Gasteiger partial charge in [0.2, 0.25) is 5.91 Å². The number of carbonyl (C=O) groups excluding carboxylic acids is 2. The maximum Gasteiger partial charge on any atom is 0.266 e. The van der Waals surface area contributed by atoms with Gasteiger partial charge in [0.25, 0.3) is 16.0 Å². The van der Waals surface area contributed by atoms with Gasteiger partial charge >= 0.3 is 0 Å². The summed E-state index contributed by atoms with van der Waals surface area (Å²) in [5, 5.41) is 6.50. The molecule has 0 spiro atoms. The quantitative estimate of drug-likeness (QED) is 0.224. The molecule has 2 amide bonds. The second kappa shape index (κ2) is 12.1. The molecule has 1 heterocycles. The first kappa shape index (κ1) is 27.1. The molecule has 3 N–H and O–H groups in total. The molecular formula is C29H30N2O6S. The number of nitrogens with one attached hydrogen (secondary N) is 2. The number of fused-ring (bicyclic) bond motifs is 1. The highest BCUT2D eigenvalue weighted by molar-refractivity contribution is 7.85. The lowest BCUT2D eigenvalue weighted by molar-refractivity contribution is -0.120. The van der Waals surface area contributed by atoms with Crippen LogP contribution < -0.4 is 10.6 Å². The van der Waals surface area contributed by atoms with Gasteiger partial charge in [-0.2, -0.15) is 8.42 Å². The van der Waals surface area contributed by atoms with Crippen LogP contribution in [0.5, 0.6) is 0 Å². The molecule has 1 aromatic heterocycles. The van der Waals surface area contributed by atoms with Crippen LogP contribution in [0.3, 0.4) is 0 Å². The number of rotatable bonds is 11. The summed E-state index contributed by atoms with van der Waals surface area (Å²) in [5.41, 5.74) is 3.73. The van der Waals surface area contributed by atoms with Crippen LogP contribution in [0.2, 0.25) is 0 Å². The van der Waals surface area contributed by atoms with Crippen LogP contribution in [0.25, 0.3) is 22.3 Å². The molecule has 9 heteroatoms. The van der Waals surface area contributed by atoms with E-state index in [4.69, 9.17) is 8.97 Å². The summed E-state index contributed by atoms with van der Waals surface area (Å²) in [6.07, 6.45) is 2.07. The number of para-hydroxylation sites is 1. The Labute approximate surface area is 221 Å². The number of carbonyl (C=O) groups is 2. The molecule has 1 unspecified atom stereocenters. The van der Waals surface area contributed by atoms with E-state index in [0.717, 1.165) is 34.3 Å². The summed E-state index contributed by atoms with van der Waals surface area (Å²) in [5.74, 6) is -0.537. The zero-order valence-corrected chi connectivity index (χ0v) is 21.8. The Hall–Kier alpha value is -3.95. The van der Waals surface area contributed by atoms with Gasteiger partial charge < -0.3 is 15.1 Å². The first-order chi connectivity index (χ1) is 18.2. The first-order valence-electron chi connectivity index (χ1n) is 12.4. The van der Waals surface area contributed by atoms with E-state index in [1.54, 1.807) is 24.3 Å². The molecule has 8 nitrogen and oxygen atoms in total. The van der Waals surface area contributed by atoms with Gasteiger partial charge in [-0.15, -0.1) is 0 Å². The third-order valence-electron chi connectivity index (χ3n) is 6.21. The summed E-state index contributed by atoms with van der Waals surface area (Å²) in [6, 6.07) is 24.2. The summed E-state index contributed by atoms with van der Waals surface area (Å²) >= 11 is 0. The highest BCUT2D eigenvalue weighted by atomic mass is 32.2. The smallest absolute Gasteiger partial charge is 0.266 e. The summed E-state index contributed by atoms with van der Waals surface area (Å²) in [7, 11) is -4.14. The van der Waals surface area contributed by atoms with Crippen LogP contribution in [0.15, 0.2) is 83.3 Å². The van der Waals surface area contributed by atoms with Gasteiger partial charge in [0.05, 0.1) is 5.75 Å². The lowest BCUT2D eigenvalue weighted by atomic mass is 9.93. The minimum Gasteiger partial charge on any atom is -0.456 e. The average Bonchev–Trinajstić information content (AvgIpc) is 3.33. The predicted octanol–water partition coefficient (Wildman–Crippen LogP) is 5.31. The fourth-order valence-corrected chi connectivity index (χ4v) is 4.59. The average molecular weight is 535 g/mol. The van der Waals surface area contributed by atoms with Crippen molar-refractivity contribution >= 4 is 38.6 Å². The first-order valence-corrected chi connectivity index (χ1v) is 14.0. The maximum atomic E-state index is 13.1. The number of hydrogen-bond acceptors (Lipinski definition) is 5. The van der Waals surface area contributed by atoms with Crippen molar-refractivity contribution in [3.05, 3.63) is 90.0 Å². The predicted molar refractivity (Wildman–Crippen MR) is 148 cm³/mol. The SMILES string of the molecule is CCCC(Cc1ccc(C(=O)NCCS(=O)(=O)O)cc1)C(=O)Nc1ccc(-c2cc3ccccc3o2)cc1. The Morgan fingerprint density at radius 1 is 0.974 bits per heavy atom. The standard InChI is InChI=1S/C29H30N2O6S/c1-2-5-24(18-20-8-10-22(11-9-20)28(32)30-16-17-38(34,35)36)29(33)31-25-14-12-21(13-15-25)27-19-23-6-3-4-7-26(23)37-27/h3-4,6-15,19,24H,2,5,16-18H2,1H3,(H,30,32)(H,31,33)(H,34,35,36). The topological polar surface area (TPSA) is 126 Å². The molecule has 0 aliphatic rings. The number of furan rings is 1. The second-order valence-corrected chi connectivity index (χ2v) is 10.7. The van der Waals surface area contributed by atoms with Gasteiger partial charge in [0, 0.05) is 34.7 Å². The van der Waals surface area contributed by atoms with Gasteiger partial charge in [-0.05, 0) is 66.9 Å². The van der Waals surface area contributed by atoms with Gasteiger partial charge in [0.15, 0.2) is 0 Å². The molecular weight excluding hydrogens is 504 g/mol. The lowest BCUT2D eigenvalue weighted by Crippen LogP contribution is -2.29. The molecule has 0 aliphatic heterocycles. The zero-order chi connectivity index (χ0) is 27.1. The zero-order valence-electron chi connectivity index (χ0n) is 21.0. The largest absolute Gasteiger partial charge is 0.456 e. The number of hydrogen-bond donors (Lipinski definition) is 3. The van der Waals surface area contributed by atoms with E-state index in [1.165, 1.54) is 0 Å². The Morgan fingerprint density at radius 2 is 1.68 bits per heavy atom. The highest BCUT2D eigenvalue weighted by Gasteiger charge is 2.19. The molecule has 3 aromatic carbocycles.